The van der Waals surface area contributed by atoms with Crippen LogP contribution < -0.4 is 14.8 Å². The van der Waals surface area contributed by atoms with E-state index in [9.17, 15) is 4.79 Å². The Balaban J connectivity index is 1.85. The van der Waals surface area contributed by atoms with Gasteiger partial charge in [-0.2, -0.15) is 0 Å². The first-order valence-electron chi connectivity index (χ1n) is 6.82. The third kappa shape index (κ3) is 2.61. The Morgan fingerprint density at radius 2 is 1.64 bits per heavy atom. The van der Waals surface area contributed by atoms with E-state index in [0.29, 0.717) is 5.69 Å². The van der Waals surface area contributed by atoms with Crippen LogP contribution in [0.4, 0.5) is 10.5 Å². The third-order valence-electron chi connectivity index (χ3n) is 3.46. The summed E-state index contributed by atoms with van der Waals surface area (Å²) in [4.78, 5) is 12.4. The fourth-order valence-electron chi connectivity index (χ4n) is 2.28. The van der Waals surface area contributed by atoms with Crippen LogP contribution in [0.25, 0.3) is 10.9 Å². The topological polar surface area (TPSA) is 52.5 Å². The van der Waals surface area contributed by atoms with Crippen LogP contribution in [0, 0.1) is 0 Å². The van der Waals surface area contributed by atoms with E-state index in [1.54, 1.807) is 49.2 Å². The summed E-state index contributed by atoms with van der Waals surface area (Å²) in [6, 6.07) is 14.4. The first-order valence-corrected chi connectivity index (χ1v) is 6.82. The SMILES string of the molecule is COc1ccc(NC(=O)n2ccc3cc(OC)ccc32)cc1. The molecule has 112 valence electrons. The highest BCUT2D eigenvalue weighted by atomic mass is 16.5. The molecule has 0 aliphatic rings. The summed E-state index contributed by atoms with van der Waals surface area (Å²) in [5.74, 6) is 1.51. The van der Waals surface area contributed by atoms with Crippen LogP contribution >= 0.6 is 0 Å². The van der Waals surface area contributed by atoms with Crippen LogP contribution in [0.5, 0.6) is 11.5 Å². The van der Waals surface area contributed by atoms with E-state index in [-0.39, 0.29) is 6.03 Å². The van der Waals surface area contributed by atoms with Gasteiger partial charge in [0.05, 0.1) is 19.7 Å². The van der Waals surface area contributed by atoms with Gasteiger partial charge in [-0.05, 0) is 48.5 Å². The van der Waals surface area contributed by atoms with E-state index >= 15 is 0 Å². The predicted octanol–water partition coefficient (Wildman–Crippen LogP) is 3.74. The van der Waals surface area contributed by atoms with E-state index in [2.05, 4.69) is 5.32 Å². The summed E-state index contributed by atoms with van der Waals surface area (Å²) in [5, 5.41) is 3.80. The van der Waals surface area contributed by atoms with Gasteiger partial charge in [-0.3, -0.25) is 4.57 Å². The summed E-state index contributed by atoms with van der Waals surface area (Å²) in [6.45, 7) is 0. The molecule has 0 bridgehead atoms. The maximum atomic E-state index is 12.4. The zero-order valence-corrected chi connectivity index (χ0v) is 12.4. The van der Waals surface area contributed by atoms with Crippen molar-refractivity contribution in [3.05, 3.63) is 54.7 Å². The van der Waals surface area contributed by atoms with Gasteiger partial charge in [-0.25, -0.2) is 4.79 Å². The molecular weight excluding hydrogens is 280 g/mol. The van der Waals surface area contributed by atoms with E-state index in [1.165, 1.54) is 0 Å². The van der Waals surface area contributed by atoms with Gasteiger partial charge < -0.3 is 14.8 Å². The van der Waals surface area contributed by atoms with E-state index < -0.39 is 0 Å². The molecule has 0 radical (unpaired) electrons. The third-order valence-corrected chi connectivity index (χ3v) is 3.46. The Labute approximate surface area is 128 Å². The maximum absolute atomic E-state index is 12.4. The molecule has 2 aromatic carbocycles. The van der Waals surface area contributed by atoms with Gasteiger partial charge in [0.2, 0.25) is 0 Å². The Morgan fingerprint density at radius 1 is 0.955 bits per heavy atom. The number of hydrogen-bond acceptors (Lipinski definition) is 3. The smallest absolute Gasteiger partial charge is 0.330 e. The molecule has 0 fully saturated rings. The van der Waals surface area contributed by atoms with Crippen LogP contribution in [0.15, 0.2) is 54.7 Å². The number of methoxy groups -OCH3 is 2. The van der Waals surface area contributed by atoms with Crippen LogP contribution in [0.2, 0.25) is 0 Å². The molecule has 0 saturated carbocycles. The minimum absolute atomic E-state index is 0.217. The standard InChI is InChI=1S/C17H16N2O3/c1-21-14-5-3-13(4-6-14)18-17(20)19-10-9-12-11-15(22-2)7-8-16(12)19/h3-11H,1-2H3,(H,18,20). The van der Waals surface area contributed by atoms with Crippen LogP contribution in [-0.4, -0.2) is 24.8 Å². The molecule has 0 saturated heterocycles. The summed E-state index contributed by atoms with van der Waals surface area (Å²) >= 11 is 0. The van der Waals surface area contributed by atoms with Gasteiger partial charge in [0.25, 0.3) is 0 Å². The average Bonchev–Trinajstić information content (AvgIpc) is 2.98. The lowest BCUT2D eigenvalue weighted by molar-refractivity contribution is 0.254. The van der Waals surface area contributed by atoms with E-state index in [1.807, 2.05) is 24.3 Å². The number of hydrogen-bond donors (Lipinski definition) is 1. The quantitative estimate of drug-likeness (QED) is 0.801. The number of aromatic nitrogens is 1. The molecule has 3 aromatic rings. The Bertz CT molecular complexity index is 806. The van der Waals surface area contributed by atoms with E-state index in [4.69, 9.17) is 9.47 Å². The molecule has 22 heavy (non-hydrogen) atoms. The fourth-order valence-corrected chi connectivity index (χ4v) is 2.28. The molecule has 0 spiro atoms. The molecule has 0 aliphatic carbocycles. The minimum Gasteiger partial charge on any atom is -0.497 e. The Kier molecular flexibility index (Phi) is 3.70. The highest BCUT2D eigenvalue weighted by molar-refractivity contribution is 5.98. The second-order valence-electron chi connectivity index (χ2n) is 4.77. The summed E-state index contributed by atoms with van der Waals surface area (Å²) in [7, 11) is 3.22. The van der Waals surface area contributed by atoms with Crippen molar-refractivity contribution in [3.63, 3.8) is 0 Å². The Morgan fingerprint density at radius 3 is 2.32 bits per heavy atom. The van der Waals surface area contributed by atoms with Crippen molar-refractivity contribution >= 4 is 22.6 Å². The highest BCUT2D eigenvalue weighted by Gasteiger charge is 2.09. The molecule has 5 nitrogen and oxygen atoms in total. The zero-order chi connectivity index (χ0) is 15.5. The molecule has 0 unspecified atom stereocenters. The second-order valence-corrected chi connectivity index (χ2v) is 4.77. The maximum Gasteiger partial charge on any atom is 0.330 e. The molecular formula is C17H16N2O3. The van der Waals surface area contributed by atoms with Crippen molar-refractivity contribution in [1.29, 1.82) is 0 Å². The van der Waals surface area contributed by atoms with Crippen molar-refractivity contribution in [2.75, 3.05) is 19.5 Å². The van der Waals surface area contributed by atoms with Gasteiger partial charge in [0.1, 0.15) is 11.5 Å². The van der Waals surface area contributed by atoms with Gasteiger partial charge in [0, 0.05) is 17.3 Å². The first kappa shape index (κ1) is 14.0. The summed E-state index contributed by atoms with van der Waals surface area (Å²) in [6.07, 6.45) is 1.74. The number of carbonyl (C=O) groups is 1. The number of carbonyl (C=O) groups excluding carboxylic acids is 1. The number of fused-ring (bicyclic) bond motifs is 1. The van der Waals surface area contributed by atoms with E-state index in [0.717, 1.165) is 22.4 Å². The van der Waals surface area contributed by atoms with Crippen molar-refractivity contribution < 1.29 is 14.3 Å². The predicted molar refractivity (Wildman–Crippen MR) is 85.9 cm³/mol. The molecule has 1 heterocycles. The van der Waals surface area contributed by atoms with Gasteiger partial charge in [-0.15, -0.1) is 0 Å². The number of amides is 1. The van der Waals surface area contributed by atoms with Crippen LogP contribution in [-0.2, 0) is 0 Å². The van der Waals surface area contributed by atoms with Gasteiger partial charge in [0.15, 0.2) is 0 Å². The second kappa shape index (κ2) is 5.81. The number of nitrogens with one attached hydrogen (secondary N) is 1. The molecule has 1 amide bonds. The van der Waals surface area contributed by atoms with Gasteiger partial charge >= 0.3 is 6.03 Å². The largest absolute Gasteiger partial charge is 0.497 e. The number of rotatable bonds is 3. The van der Waals surface area contributed by atoms with Gasteiger partial charge in [-0.1, -0.05) is 0 Å². The number of nitrogens with zero attached hydrogens (tertiary/aromatic N) is 1. The normalized spacial score (nSPS) is 10.5. The lowest BCUT2D eigenvalue weighted by atomic mass is 10.2. The number of ether oxygens (including phenoxy) is 2. The lowest BCUT2D eigenvalue weighted by Crippen LogP contribution is -2.18. The van der Waals surface area contributed by atoms with Crippen molar-refractivity contribution in [3.8, 4) is 11.5 Å². The number of benzene rings is 2. The van der Waals surface area contributed by atoms with Crippen molar-refractivity contribution in [2.24, 2.45) is 0 Å². The molecule has 0 aliphatic heterocycles. The molecule has 1 N–H and O–H groups in total. The summed E-state index contributed by atoms with van der Waals surface area (Å²) in [5.41, 5.74) is 1.54. The Hall–Kier alpha value is -2.95. The van der Waals surface area contributed by atoms with Crippen molar-refractivity contribution in [2.45, 2.75) is 0 Å². The number of anilines is 1. The van der Waals surface area contributed by atoms with Crippen LogP contribution in [0.1, 0.15) is 0 Å². The zero-order valence-electron chi connectivity index (χ0n) is 12.4. The fraction of sp³-hybridized carbons (Fsp3) is 0.118. The highest BCUT2D eigenvalue weighted by Crippen LogP contribution is 2.22. The minimum atomic E-state index is -0.217. The monoisotopic (exact) mass is 296 g/mol. The average molecular weight is 296 g/mol. The first-order chi connectivity index (χ1) is 10.7. The molecule has 5 heteroatoms. The molecule has 3 rings (SSSR count). The van der Waals surface area contributed by atoms with Crippen LogP contribution in [0.3, 0.4) is 0 Å². The molecule has 1 aromatic heterocycles. The molecule has 0 atom stereocenters. The summed E-state index contributed by atoms with van der Waals surface area (Å²) < 4.78 is 11.9. The lowest BCUT2D eigenvalue weighted by Gasteiger charge is -2.08. The van der Waals surface area contributed by atoms with Crippen molar-refractivity contribution in [1.82, 2.24) is 4.57 Å².